The summed E-state index contributed by atoms with van der Waals surface area (Å²) in [5.74, 6) is -0.115. The van der Waals surface area contributed by atoms with Crippen LogP contribution in [0, 0.1) is 11.8 Å². The van der Waals surface area contributed by atoms with Crippen molar-refractivity contribution in [2.24, 2.45) is 11.8 Å². The molecule has 2 aliphatic heterocycles. The standard InChI is InChI=1S/C18H24O5/c1-11-9-14(19)22-17-15(11)23-18(20-3)12(2)16(17)21-10-13-7-5-4-6-8-13/h4-8,11-12,15-18H,9-10H2,1-3H3/t11-,12-,15+,16-,17+,18-/m0/s1. The van der Waals surface area contributed by atoms with E-state index >= 15 is 0 Å². The molecule has 0 aliphatic carbocycles. The van der Waals surface area contributed by atoms with Crippen molar-refractivity contribution in [3.05, 3.63) is 35.9 Å². The van der Waals surface area contributed by atoms with Crippen LogP contribution in [0.4, 0.5) is 0 Å². The Kier molecular flexibility index (Phi) is 4.99. The maximum absolute atomic E-state index is 11.8. The van der Waals surface area contributed by atoms with E-state index in [0.717, 1.165) is 5.56 Å². The molecule has 0 unspecified atom stereocenters. The van der Waals surface area contributed by atoms with Crippen LogP contribution in [0.3, 0.4) is 0 Å². The largest absolute Gasteiger partial charge is 0.457 e. The van der Waals surface area contributed by atoms with Gasteiger partial charge in [0.15, 0.2) is 12.4 Å². The Bertz CT molecular complexity index is 531. The van der Waals surface area contributed by atoms with Gasteiger partial charge in [0.1, 0.15) is 12.2 Å². The Hall–Kier alpha value is -1.43. The fraction of sp³-hybridized carbons (Fsp3) is 0.611. The normalized spacial score (nSPS) is 37.1. The molecule has 0 amide bonds. The van der Waals surface area contributed by atoms with E-state index < -0.39 is 0 Å². The highest BCUT2D eigenvalue weighted by molar-refractivity contribution is 5.71. The van der Waals surface area contributed by atoms with E-state index in [1.54, 1.807) is 7.11 Å². The number of methoxy groups -OCH3 is 1. The second kappa shape index (κ2) is 6.99. The highest BCUT2D eigenvalue weighted by Gasteiger charge is 2.51. The van der Waals surface area contributed by atoms with Gasteiger partial charge in [-0.2, -0.15) is 0 Å². The van der Waals surface area contributed by atoms with Gasteiger partial charge in [0.2, 0.25) is 0 Å². The Morgan fingerprint density at radius 1 is 1.17 bits per heavy atom. The van der Waals surface area contributed by atoms with Crippen molar-refractivity contribution >= 4 is 5.97 Å². The molecule has 0 radical (unpaired) electrons. The molecule has 6 atom stereocenters. The second-order valence-electron chi connectivity index (χ2n) is 6.46. The lowest BCUT2D eigenvalue weighted by Gasteiger charge is -2.48. The highest BCUT2D eigenvalue weighted by Crippen LogP contribution is 2.37. The van der Waals surface area contributed by atoms with Gasteiger partial charge in [-0.25, -0.2) is 0 Å². The molecule has 2 heterocycles. The number of hydrogen-bond donors (Lipinski definition) is 0. The van der Waals surface area contributed by atoms with Crippen LogP contribution in [-0.4, -0.2) is 37.7 Å². The molecule has 0 aromatic heterocycles. The van der Waals surface area contributed by atoms with Crippen molar-refractivity contribution in [1.29, 1.82) is 0 Å². The maximum Gasteiger partial charge on any atom is 0.306 e. The fourth-order valence-electron chi connectivity index (χ4n) is 3.45. The molecular weight excluding hydrogens is 296 g/mol. The topological polar surface area (TPSA) is 54.0 Å². The summed E-state index contributed by atoms with van der Waals surface area (Å²) in [5.41, 5.74) is 1.09. The number of ether oxygens (including phenoxy) is 4. The number of carbonyl (C=O) groups excluding carboxylic acids is 1. The molecule has 2 aliphatic rings. The van der Waals surface area contributed by atoms with E-state index in [-0.39, 0.29) is 42.4 Å². The van der Waals surface area contributed by atoms with Gasteiger partial charge in [0.05, 0.1) is 13.0 Å². The second-order valence-corrected chi connectivity index (χ2v) is 6.46. The number of benzene rings is 1. The first kappa shape index (κ1) is 16.4. The summed E-state index contributed by atoms with van der Waals surface area (Å²) < 4.78 is 23.2. The lowest BCUT2D eigenvalue weighted by Crippen LogP contribution is -2.60. The number of rotatable bonds is 4. The van der Waals surface area contributed by atoms with Crippen LogP contribution >= 0.6 is 0 Å². The van der Waals surface area contributed by atoms with Gasteiger partial charge in [-0.1, -0.05) is 44.2 Å². The maximum atomic E-state index is 11.8. The summed E-state index contributed by atoms with van der Waals surface area (Å²) in [7, 11) is 1.63. The predicted molar refractivity (Wildman–Crippen MR) is 83.5 cm³/mol. The van der Waals surface area contributed by atoms with Crippen LogP contribution in [0.25, 0.3) is 0 Å². The lowest BCUT2D eigenvalue weighted by molar-refractivity contribution is -0.299. The van der Waals surface area contributed by atoms with E-state index in [4.69, 9.17) is 18.9 Å². The molecule has 0 saturated carbocycles. The fourth-order valence-corrected chi connectivity index (χ4v) is 3.45. The van der Waals surface area contributed by atoms with Crippen molar-refractivity contribution < 1.29 is 23.7 Å². The number of esters is 1. The average molecular weight is 320 g/mol. The zero-order valence-corrected chi connectivity index (χ0v) is 13.8. The van der Waals surface area contributed by atoms with Crippen molar-refractivity contribution in [1.82, 2.24) is 0 Å². The Balaban J connectivity index is 1.77. The predicted octanol–water partition coefficient (Wildman–Crippen LogP) is 2.53. The smallest absolute Gasteiger partial charge is 0.306 e. The highest BCUT2D eigenvalue weighted by atomic mass is 16.7. The SMILES string of the molecule is CO[C@H]1O[C@H]2[C@@H](OC(=O)C[C@@H]2C)[C@@H](OCc2ccccc2)[C@@H]1C. The minimum absolute atomic E-state index is 0.0249. The van der Waals surface area contributed by atoms with Crippen LogP contribution in [0.5, 0.6) is 0 Å². The molecule has 3 rings (SSSR count). The zero-order valence-electron chi connectivity index (χ0n) is 13.8. The molecule has 1 aromatic rings. The molecule has 0 spiro atoms. The molecular formula is C18H24O5. The minimum Gasteiger partial charge on any atom is -0.457 e. The molecule has 126 valence electrons. The molecule has 23 heavy (non-hydrogen) atoms. The Labute approximate surface area is 136 Å². The molecule has 0 bridgehead atoms. The summed E-state index contributed by atoms with van der Waals surface area (Å²) in [6.07, 6.45) is -0.787. The van der Waals surface area contributed by atoms with Crippen LogP contribution < -0.4 is 0 Å². The third kappa shape index (κ3) is 3.42. The van der Waals surface area contributed by atoms with Crippen LogP contribution in [0.2, 0.25) is 0 Å². The van der Waals surface area contributed by atoms with Crippen LogP contribution in [-0.2, 0) is 30.3 Å². The van der Waals surface area contributed by atoms with Gasteiger partial charge < -0.3 is 18.9 Å². The zero-order chi connectivity index (χ0) is 16.4. The van der Waals surface area contributed by atoms with Crippen molar-refractivity contribution in [2.45, 2.75) is 51.5 Å². The first-order chi connectivity index (χ1) is 11.1. The lowest BCUT2D eigenvalue weighted by atomic mass is 9.83. The molecule has 0 N–H and O–H groups in total. The van der Waals surface area contributed by atoms with Crippen molar-refractivity contribution in [3.63, 3.8) is 0 Å². The number of hydrogen-bond acceptors (Lipinski definition) is 5. The first-order valence-corrected chi connectivity index (χ1v) is 8.13. The molecule has 2 fully saturated rings. The number of carbonyl (C=O) groups is 1. The summed E-state index contributed by atoms with van der Waals surface area (Å²) in [4.78, 5) is 11.8. The quantitative estimate of drug-likeness (QED) is 0.798. The Morgan fingerprint density at radius 3 is 2.61 bits per heavy atom. The third-order valence-electron chi connectivity index (χ3n) is 4.72. The van der Waals surface area contributed by atoms with E-state index in [1.165, 1.54) is 0 Å². The van der Waals surface area contributed by atoms with Gasteiger partial charge in [-0.3, -0.25) is 4.79 Å². The van der Waals surface area contributed by atoms with Gasteiger partial charge in [-0.05, 0) is 11.5 Å². The van der Waals surface area contributed by atoms with E-state index in [2.05, 4.69) is 0 Å². The molecule has 2 saturated heterocycles. The summed E-state index contributed by atoms with van der Waals surface area (Å²) in [6, 6.07) is 9.98. The van der Waals surface area contributed by atoms with E-state index in [1.807, 2.05) is 44.2 Å². The monoisotopic (exact) mass is 320 g/mol. The van der Waals surface area contributed by atoms with E-state index in [0.29, 0.717) is 13.0 Å². The van der Waals surface area contributed by atoms with Crippen LogP contribution in [0.15, 0.2) is 30.3 Å². The van der Waals surface area contributed by atoms with Gasteiger partial charge in [-0.15, -0.1) is 0 Å². The minimum atomic E-state index is -0.378. The average Bonchev–Trinajstić information content (AvgIpc) is 2.54. The number of fused-ring (bicyclic) bond motifs is 1. The van der Waals surface area contributed by atoms with Gasteiger partial charge in [0.25, 0.3) is 0 Å². The summed E-state index contributed by atoms with van der Waals surface area (Å²) in [5, 5.41) is 0. The third-order valence-corrected chi connectivity index (χ3v) is 4.72. The van der Waals surface area contributed by atoms with Crippen LogP contribution in [0.1, 0.15) is 25.8 Å². The van der Waals surface area contributed by atoms with Gasteiger partial charge >= 0.3 is 5.97 Å². The molecule has 5 nitrogen and oxygen atoms in total. The summed E-state index contributed by atoms with van der Waals surface area (Å²) >= 11 is 0. The summed E-state index contributed by atoms with van der Waals surface area (Å²) in [6.45, 7) is 4.49. The Morgan fingerprint density at radius 2 is 1.91 bits per heavy atom. The molecule has 1 aromatic carbocycles. The first-order valence-electron chi connectivity index (χ1n) is 8.13. The van der Waals surface area contributed by atoms with Crippen molar-refractivity contribution in [3.8, 4) is 0 Å². The van der Waals surface area contributed by atoms with Crippen molar-refractivity contribution in [2.75, 3.05) is 7.11 Å². The van der Waals surface area contributed by atoms with Gasteiger partial charge in [0, 0.05) is 13.0 Å². The molecule has 5 heteroatoms. The van der Waals surface area contributed by atoms with E-state index in [9.17, 15) is 4.79 Å².